The Kier molecular flexibility index (Phi) is 4.58. The number of amides is 1. The van der Waals surface area contributed by atoms with Gasteiger partial charge in [-0.2, -0.15) is 0 Å². The number of likely N-dealkylation sites (tertiary alicyclic amines) is 1. The molecule has 0 saturated carbocycles. The summed E-state index contributed by atoms with van der Waals surface area (Å²) >= 11 is 3.44. The molecule has 1 saturated heterocycles. The van der Waals surface area contributed by atoms with Crippen LogP contribution in [0.5, 0.6) is 0 Å². The van der Waals surface area contributed by atoms with Gasteiger partial charge in [-0.3, -0.25) is 4.90 Å². The first-order valence-corrected chi connectivity index (χ1v) is 8.75. The number of rotatable bonds is 2. The molecule has 6 heteroatoms. The van der Waals surface area contributed by atoms with Gasteiger partial charge in [0.25, 0.3) is 0 Å². The average Bonchev–Trinajstić information content (AvgIpc) is 3.15. The number of aromatic amines is 1. The fourth-order valence-electron chi connectivity index (χ4n) is 2.69. The van der Waals surface area contributed by atoms with Crippen molar-refractivity contribution in [2.75, 3.05) is 6.54 Å². The van der Waals surface area contributed by atoms with Crippen LogP contribution in [0.15, 0.2) is 34.9 Å². The molecule has 1 aromatic carbocycles. The Morgan fingerprint density at radius 2 is 2.08 bits per heavy atom. The van der Waals surface area contributed by atoms with Crippen molar-refractivity contribution in [3.63, 3.8) is 0 Å². The minimum Gasteiger partial charge on any atom is -0.444 e. The van der Waals surface area contributed by atoms with E-state index in [1.165, 1.54) is 0 Å². The lowest BCUT2D eigenvalue weighted by atomic mass is 10.2. The van der Waals surface area contributed by atoms with Crippen molar-refractivity contribution >= 4 is 22.0 Å². The fraction of sp³-hybridized carbons (Fsp3) is 0.389. The molecule has 2 heterocycles. The van der Waals surface area contributed by atoms with Crippen molar-refractivity contribution in [1.82, 2.24) is 14.9 Å². The molecular formula is C18H21BrN3O2+. The molecular weight excluding hydrogens is 370 g/mol. The van der Waals surface area contributed by atoms with Crippen molar-refractivity contribution in [3.8, 4) is 11.3 Å². The van der Waals surface area contributed by atoms with Crippen molar-refractivity contribution in [2.45, 2.75) is 38.8 Å². The Morgan fingerprint density at radius 3 is 2.75 bits per heavy atom. The van der Waals surface area contributed by atoms with Gasteiger partial charge in [0, 0.05) is 4.47 Å². The van der Waals surface area contributed by atoms with E-state index in [4.69, 9.17) is 4.74 Å². The zero-order chi connectivity index (χ0) is 17.3. The predicted octanol–water partition coefficient (Wildman–Crippen LogP) is 4.73. The van der Waals surface area contributed by atoms with Gasteiger partial charge in [-0.05, 0) is 38.5 Å². The van der Waals surface area contributed by atoms with E-state index in [1.54, 1.807) is 4.90 Å². The number of nitrogens with zero attached hydrogens (tertiary/aromatic N) is 2. The van der Waals surface area contributed by atoms with Crippen molar-refractivity contribution in [3.05, 3.63) is 47.2 Å². The van der Waals surface area contributed by atoms with Crippen LogP contribution in [-0.4, -0.2) is 33.1 Å². The number of ether oxygens (including phenoxy) is 1. The van der Waals surface area contributed by atoms with Crippen LogP contribution < -0.4 is 0 Å². The molecule has 126 valence electrons. The molecule has 1 aliphatic rings. The van der Waals surface area contributed by atoms with Crippen LogP contribution in [0.4, 0.5) is 4.79 Å². The Morgan fingerprint density at radius 1 is 1.38 bits per heavy atom. The Labute approximate surface area is 150 Å². The summed E-state index contributed by atoms with van der Waals surface area (Å²) in [5, 5.41) is 0. The molecule has 0 radical (unpaired) electrons. The number of imidazole rings is 1. The highest BCUT2D eigenvalue weighted by atomic mass is 79.9. The lowest BCUT2D eigenvalue weighted by molar-refractivity contribution is 0.0221. The van der Waals surface area contributed by atoms with Gasteiger partial charge in [0.2, 0.25) is 0 Å². The maximum absolute atomic E-state index is 12.4. The second-order valence-corrected chi connectivity index (χ2v) is 7.78. The fourth-order valence-corrected chi connectivity index (χ4v) is 2.95. The molecule has 5 nitrogen and oxygen atoms in total. The van der Waals surface area contributed by atoms with Crippen molar-refractivity contribution in [2.24, 2.45) is 0 Å². The Bertz CT molecular complexity index is 719. The molecule has 1 amide bonds. The summed E-state index contributed by atoms with van der Waals surface area (Å²) in [6, 6.07) is 7.92. The smallest absolute Gasteiger partial charge is 0.414 e. The number of halogens is 1. The minimum atomic E-state index is -0.504. The normalized spacial score (nSPS) is 17.7. The molecule has 1 fully saturated rings. The van der Waals surface area contributed by atoms with Crippen LogP contribution in [0, 0.1) is 6.42 Å². The van der Waals surface area contributed by atoms with E-state index in [9.17, 15) is 4.79 Å². The van der Waals surface area contributed by atoms with Gasteiger partial charge in [-0.25, -0.2) is 9.78 Å². The van der Waals surface area contributed by atoms with Gasteiger partial charge in [-0.15, -0.1) is 0 Å². The number of hydrogen-bond donors (Lipinski definition) is 1. The van der Waals surface area contributed by atoms with Gasteiger partial charge in [0.05, 0.1) is 18.3 Å². The van der Waals surface area contributed by atoms with Crippen LogP contribution in [0.3, 0.4) is 0 Å². The van der Waals surface area contributed by atoms with E-state index < -0.39 is 5.60 Å². The summed E-state index contributed by atoms with van der Waals surface area (Å²) in [5.41, 5.74) is 1.49. The number of nitrogens with one attached hydrogen (secondary N) is 1. The van der Waals surface area contributed by atoms with E-state index >= 15 is 0 Å². The van der Waals surface area contributed by atoms with E-state index in [1.807, 2.05) is 51.2 Å². The first kappa shape index (κ1) is 16.9. The van der Waals surface area contributed by atoms with Crippen molar-refractivity contribution in [1.29, 1.82) is 0 Å². The molecule has 0 bridgehead atoms. The first-order chi connectivity index (χ1) is 11.3. The number of carbonyl (C=O) groups excluding carboxylic acids is 1. The predicted molar refractivity (Wildman–Crippen MR) is 96.3 cm³/mol. The molecule has 3 rings (SSSR count). The van der Waals surface area contributed by atoms with Gasteiger partial charge in [0.15, 0.2) is 6.54 Å². The molecule has 1 aliphatic heterocycles. The number of H-pyrrole nitrogens is 1. The highest BCUT2D eigenvalue weighted by Crippen LogP contribution is 2.32. The molecule has 24 heavy (non-hydrogen) atoms. The summed E-state index contributed by atoms with van der Waals surface area (Å²) < 4.78 is 6.53. The molecule has 0 spiro atoms. The van der Waals surface area contributed by atoms with Gasteiger partial charge in [-0.1, -0.05) is 28.1 Å². The van der Waals surface area contributed by atoms with Gasteiger partial charge in [0.1, 0.15) is 23.9 Å². The maximum atomic E-state index is 12.4. The first-order valence-electron chi connectivity index (χ1n) is 7.95. The van der Waals surface area contributed by atoms with E-state index in [2.05, 4.69) is 32.3 Å². The summed E-state index contributed by atoms with van der Waals surface area (Å²) in [4.78, 5) is 21.9. The third-order valence-corrected chi connectivity index (χ3v) is 4.31. The minimum absolute atomic E-state index is 0.107. The van der Waals surface area contributed by atoms with Crippen LogP contribution in [0.2, 0.25) is 0 Å². The van der Waals surface area contributed by atoms with E-state index in [0.29, 0.717) is 6.54 Å². The summed E-state index contributed by atoms with van der Waals surface area (Å²) in [5.74, 6) is 0.785. The quantitative estimate of drug-likeness (QED) is 0.754. The molecule has 0 unspecified atom stereocenters. The SMILES string of the molecule is CC(C)(C)OC(=O)N1C[CH+]C[C@H]1c1ncc(-c2ccc(Br)cc2)[nH]1. The lowest BCUT2D eigenvalue weighted by Crippen LogP contribution is -2.36. The number of carbonyl (C=O) groups is 1. The monoisotopic (exact) mass is 390 g/mol. The number of hydrogen-bond acceptors (Lipinski definition) is 3. The number of aromatic nitrogens is 2. The summed E-state index contributed by atoms with van der Waals surface area (Å²) in [6.07, 6.45) is 4.36. The van der Waals surface area contributed by atoms with Crippen LogP contribution in [0.1, 0.15) is 39.1 Å². The second-order valence-electron chi connectivity index (χ2n) is 6.86. The standard InChI is InChI=1S/C18H21BrN3O2/c1-18(2,3)24-17(23)22-10-4-5-15(22)16-20-11-14(21-16)12-6-8-13(19)9-7-12/h4,6-9,11,15H,5,10H2,1-3H3,(H,20,21)/q+1/t15-/m0/s1. The summed E-state index contributed by atoms with van der Waals surface area (Å²) in [7, 11) is 0. The van der Waals surface area contributed by atoms with Gasteiger partial charge >= 0.3 is 6.09 Å². The Balaban J connectivity index is 1.78. The van der Waals surface area contributed by atoms with Crippen LogP contribution in [-0.2, 0) is 4.74 Å². The maximum Gasteiger partial charge on any atom is 0.414 e. The number of benzene rings is 1. The highest BCUT2D eigenvalue weighted by Gasteiger charge is 2.40. The third-order valence-electron chi connectivity index (χ3n) is 3.79. The molecule has 1 N–H and O–H groups in total. The topological polar surface area (TPSA) is 58.2 Å². The zero-order valence-corrected chi connectivity index (χ0v) is 15.6. The Hall–Kier alpha value is -1.95. The lowest BCUT2D eigenvalue weighted by Gasteiger charge is -2.25. The van der Waals surface area contributed by atoms with Crippen LogP contribution >= 0.6 is 15.9 Å². The zero-order valence-electron chi connectivity index (χ0n) is 14.0. The van der Waals surface area contributed by atoms with E-state index in [0.717, 1.165) is 28.0 Å². The van der Waals surface area contributed by atoms with E-state index in [-0.39, 0.29) is 12.1 Å². The third kappa shape index (κ3) is 3.75. The second kappa shape index (κ2) is 6.51. The van der Waals surface area contributed by atoms with Gasteiger partial charge < -0.3 is 9.72 Å². The summed E-state index contributed by atoms with van der Waals surface area (Å²) in [6.45, 7) is 6.20. The average molecular weight is 391 g/mol. The highest BCUT2D eigenvalue weighted by molar-refractivity contribution is 9.10. The molecule has 0 aliphatic carbocycles. The van der Waals surface area contributed by atoms with Crippen molar-refractivity contribution < 1.29 is 9.53 Å². The molecule has 1 atom stereocenters. The largest absolute Gasteiger partial charge is 0.444 e. The molecule has 2 aromatic rings. The molecule has 1 aromatic heterocycles. The van der Waals surface area contributed by atoms with Crippen LogP contribution in [0.25, 0.3) is 11.3 Å².